The van der Waals surface area contributed by atoms with Crippen molar-refractivity contribution < 1.29 is 8.42 Å². The Kier molecular flexibility index (Phi) is 4.22. The highest BCUT2D eigenvalue weighted by Gasteiger charge is 2.18. The minimum absolute atomic E-state index is 0.125. The van der Waals surface area contributed by atoms with Gasteiger partial charge in [0.2, 0.25) is 9.84 Å². The summed E-state index contributed by atoms with van der Waals surface area (Å²) in [6, 6.07) is 20.3. The summed E-state index contributed by atoms with van der Waals surface area (Å²) in [5, 5.41) is 9.55. The predicted octanol–water partition coefficient (Wildman–Crippen LogP) is 2.93. The van der Waals surface area contributed by atoms with E-state index in [9.17, 15) is 13.2 Å². The van der Waals surface area contributed by atoms with Crippen LogP contribution in [0.15, 0.2) is 99.8 Å². The molecule has 0 spiro atoms. The molecule has 0 aliphatic carbocycles. The quantitative estimate of drug-likeness (QED) is 0.450. The van der Waals surface area contributed by atoms with Crippen molar-refractivity contribution in [2.24, 2.45) is 0 Å². The summed E-state index contributed by atoms with van der Waals surface area (Å²) in [7, 11) is -3.67. The van der Waals surface area contributed by atoms with Gasteiger partial charge in [0.05, 0.1) is 39.1 Å². The Morgan fingerprint density at radius 1 is 0.867 bits per heavy atom. The molecule has 3 aromatic heterocycles. The third kappa shape index (κ3) is 3.07. The minimum atomic E-state index is -3.67. The van der Waals surface area contributed by atoms with Gasteiger partial charge >= 0.3 is 0 Å². The molecule has 8 heteroatoms. The van der Waals surface area contributed by atoms with E-state index >= 15 is 0 Å². The second-order valence-electron chi connectivity index (χ2n) is 6.88. The van der Waals surface area contributed by atoms with Crippen molar-refractivity contribution in [2.75, 3.05) is 0 Å². The van der Waals surface area contributed by atoms with Gasteiger partial charge in [0.1, 0.15) is 0 Å². The van der Waals surface area contributed by atoms with Crippen LogP contribution in [-0.4, -0.2) is 27.8 Å². The van der Waals surface area contributed by atoms with Gasteiger partial charge in [-0.25, -0.2) is 17.6 Å². The fourth-order valence-corrected chi connectivity index (χ4v) is 4.72. The number of fused-ring (bicyclic) bond motifs is 2. The zero-order valence-corrected chi connectivity index (χ0v) is 16.5. The molecule has 0 fully saturated rings. The number of aromatic nitrogens is 4. The van der Waals surface area contributed by atoms with Gasteiger partial charge in [-0.2, -0.15) is 10.2 Å². The Morgan fingerprint density at radius 2 is 1.67 bits per heavy atom. The Labute approximate surface area is 171 Å². The molecule has 5 rings (SSSR count). The molecule has 0 saturated carbocycles. The maximum Gasteiger partial charge on any atom is 0.274 e. The van der Waals surface area contributed by atoms with Gasteiger partial charge in [-0.15, -0.1) is 0 Å². The van der Waals surface area contributed by atoms with Crippen molar-refractivity contribution in [1.29, 1.82) is 0 Å². The van der Waals surface area contributed by atoms with Crippen LogP contribution >= 0.6 is 0 Å². The summed E-state index contributed by atoms with van der Waals surface area (Å²) in [5.74, 6) is 0. The standard InChI is InChI=1S/C22H16N4O3S/c27-22-21-10-9-20(30(28,29)19-7-2-1-3-8-19)12-16(21)14-23-26(22)15-17-13-18-6-4-5-11-25(18)24-17/h1-14H,15H2. The SMILES string of the molecule is O=c1c2ccc(S(=O)(=O)c3ccccc3)cc2cnn1Cc1cc2ccccn2n1. The fraction of sp³-hybridized carbons (Fsp3) is 0.0455. The van der Waals surface area contributed by atoms with Crippen LogP contribution in [0.2, 0.25) is 0 Å². The van der Waals surface area contributed by atoms with E-state index in [1.54, 1.807) is 34.8 Å². The zero-order chi connectivity index (χ0) is 20.7. The molecular weight excluding hydrogens is 400 g/mol. The van der Waals surface area contributed by atoms with Gasteiger partial charge in [-0.1, -0.05) is 24.3 Å². The van der Waals surface area contributed by atoms with Crippen molar-refractivity contribution in [3.05, 3.63) is 101 Å². The van der Waals surface area contributed by atoms with E-state index in [0.29, 0.717) is 16.5 Å². The van der Waals surface area contributed by atoms with E-state index in [4.69, 9.17) is 0 Å². The lowest BCUT2D eigenvalue weighted by Gasteiger charge is -2.07. The Balaban J connectivity index is 1.54. The van der Waals surface area contributed by atoms with Gasteiger partial charge in [0.25, 0.3) is 5.56 Å². The molecule has 0 amide bonds. The topological polar surface area (TPSA) is 86.3 Å². The zero-order valence-electron chi connectivity index (χ0n) is 15.7. The normalized spacial score (nSPS) is 11.9. The first-order chi connectivity index (χ1) is 14.5. The molecule has 0 N–H and O–H groups in total. The molecule has 30 heavy (non-hydrogen) atoms. The van der Waals surface area contributed by atoms with E-state index < -0.39 is 9.84 Å². The summed E-state index contributed by atoms with van der Waals surface area (Å²) >= 11 is 0. The monoisotopic (exact) mass is 416 g/mol. The highest BCUT2D eigenvalue weighted by atomic mass is 32.2. The first kappa shape index (κ1) is 18.3. The van der Waals surface area contributed by atoms with Gasteiger partial charge in [0.15, 0.2) is 0 Å². The van der Waals surface area contributed by atoms with E-state index in [1.165, 1.54) is 29.1 Å². The summed E-state index contributed by atoms with van der Waals surface area (Å²) in [6.07, 6.45) is 3.35. The number of sulfone groups is 1. The van der Waals surface area contributed by atoms with Gasteiger partial charge in [0, 0.05) is 11.6 Å². The summed E-state index contributed by atoms with van der Waals surface area (Å²) in [6.45, 7) is 0.223. The first-order valence-electron chi connectivity index (χ1n) is 9.26. The van der Waals surface area contributed by atoms with Crippen molar-refractivity contribution in [1.82, 2.24) is 19.4 Å². The van der Waals surface area contributed by atoms with E-state index in [2.05, 4.69) is 10.2 Å². The lowest BCUT2D eigenvalue weighted by molar-refractivity contribution is 0.596. The Morgan fingerprint density at radius 3 is 2.47 bits per heavy atom. The third-order valence-corrected chi connectivity index (χ3v) is 6.69. The van der Waals surface area contributed by atoms with Crippen molar-refractivity contribution in [2.45, 2.75) is 16.3 Å². The minimum Gasteiger partial charge on any atom is -0.267 e. The Hall–Kier alpha value is -3.78. The number of hydrogen-bond acceptors (Lipinski definition) is 5. The highest BCUT2D eigenvalue weighted by molar-refractivity contribution is 7.91. The van der Waals surface area contributed by atoms with E-state index in [1.807, 2.05) is 30.5 Å². The molecule has 2 aromatic carbocycles. The molecule has 0 radical (unpaired) electrons. The van der Waals surface area contributed by atoms with Crippen molar-refractivity contribution >= 4 is 26.1 Å². The number of hydrogen-bond donors (Lipinski definition) is 0. The van der Waals surface area contributed by atoms with E-state index in [-0.39, 0.29) is 21.9 Å². The van der Waals surface area contributed by atoms with Crippen LogP contribution < -0.4 is 5.56 Å². The Bertz CT molecular complexity index is 1520. The van der Waals surface area contributed by atoms with Crippen LogP contribution in [0.3, 0.4) is 0 Å². The molecule has 148 valence electrons. The second kappa shape index (κ2) is 6.93. The first-order valence-corrected chi connectivity index (χ1v) is 10.7. The lowest BCUT2D eigenvalue weighted by atomic mass is 10.2. The third-order valence-electron chi connectivity index (χ3n) is 4.92. The molecule has 0 unspecified atom stereocenters. The van der Waals surface area contributed by atoms with Gasteiger partial charge in [-0.3, -0.25) is 4.79 Å². The number of pyridine rings is 1. The van der Waals surface area contributed by atoms with Crippen LogP contribution in [0.25, 0.3) is 16.3 Å². The maximum atomic E-state index is 12.9. The molecule has 0 bridgehead atoms. The number of nitrogens with zero attached hydrogens (tertiary/aromatic N) is 4. The van der Waals surface area contributed by atoms with Crippen LogP contribution in [0, 0.1) is 0 Å². The average molecular weight is 416 g/mol. The lowest BCUT2D eigenvalue weighted by Crippen LogP contribution is -2.23. The molecule has 0 aliphatic rings. The van der Waals surface area contributed by atoms with Crippen LogP contribution in [0.5, 0.6) is 0 Å². The molecule has 3 heterocycles. The fourth-order valence-electron chi connectivity index (χ4n) is 3.40. The van der Waals surface area contributed by atoms with Crippen molar-refractivity contribution in [3.63, 3.8) is 0 Å². The van der Waals surface area contributed by atoms with Crippen LogP contribution in [-0.2, 0) is 16.4 Å². The second-order valence-corrected chi connectivity index (χ2v) is 8.83. The maximum absolute atomic E-state index is 12.9. The molecule has 7 nitrogen and oxygen atoms in total. The molecule has 0 atom stereocenters. The molecule has 5 aromatic rings. The van der Waals surface area contributed by atoms with E-state index in [0.717, 1.165) is 5.52 Å². The summed E-state index contributed by atoms with van der Waals surface area (Å²) in [4.78, 5) is 13.2. The van der Waals surface area contributed by atoms with Crippen LogP contribution in [0.4, 0.5) is 0 Å². The molecule has 0 saturated heterocycles. The number of benzene rings is 2. The number of rotatable bonds is 4. The predicted molar refractivity (Wildman–Crippen MR) is 112 cm³/mol. The largest absolute Gasteiger partial charge is 0.274 e. The van der Waals surface area contributed by atoms with Gasteiger partial charge < -0.3 is 0 Å². The highest BCUT2D eigenvalue weighted by Crippen LogP contribution is 2.23. The summed E-state index contributed by atoms with van der Waals surface area (Å²) < 4.78 is 28.7. The van der Waals surface area contributed by atoms with Crippen LogP contribution in [0.1, 0.15) is 5.69 Å². The van der Waals surface area contributed by atoms with Crippen molar-refractivity contribution in [3.8, 4) is 0 Å². The average Bonchev–Trinajstić information content (AvgIpc) is 3.18. The molecule has 0 aliphatic heterocycles. The van der Waals surface area contributed by atoms with Gasteiger partial charge in [-0.05, 0) is 48.5 Å². The molecular formula is C22H16N4O3S. The smallest absolute Gasteiger partial charge is 0.267 e. The summed E-state index contributed by atoms with van der Waals surface area (Å²) in [5.41, 5.74) is 1.34.